The summed E-state index contributed by atoms with van der Waals surface area (Å²) in [6, 6.07) is 16.5. The van der Waals surface area contributed by atoms with Gasteiger partial charge in [0.2, 0.25) is 0 Å². The summed E-state index contributed by atoms with van der Waals surface area (Å²) >= 11 is 0. The smallest absolute Gasteiger partial charge is 0.134 e. The van der Waals surface area contributed by atoms with Crippen molar-refractivity contribution in [2.45, 2.75) is 19.9 Å². The van der Waals surface area contributed by atoms with E-state index in [0.29, 0.717) is 0 Å². The minimum Gasteiger partial charge on any atom is -0.379 e. The van der Waals surface area contributed by atoms with E-state index in [4.69, 9.17) is 4.74 Å². The number of aryl methyl sites for hydroxylation is 2. The monoisotopic (exact) mass is 329 g/mol. The summed E-state index contributed by atoms with van der Waals surface area (Å²) in [7, 11) is 0. The van der Waals surface area contributed by atoms with E-state index in [2.05, 4.69) is 91.0 Å². The Balaban J connectivity index is 1.82. The number of ether oxygens (including phenoxy) is 1. The van der Waals surface area contributed by atoms with Gasteiger partial charge in [-0.05, 0) is 38.1 Å². The van der Waals surface area contributed by atoms with Gasteiger partial charge in [-0.25, -0.2) is 0 Å². The predicted molar refractivity (Wildman–Crippen MR) is 102 cm³/mol. The van der Waals surface area contributed by atoms with Gasteiger partial charge in [0.25, 0.3) is 0 Å². The summed E-state index contributed by atoms with van der Waals surface area (Å²) in [6.45, 7) is 7.40. The van der Waals surface area contributed by atoms with Crippen molar-refractivity contribution in [3.63, 3.8) is 0 Å². The van der Waals surface area contributed by atoms with Crippen molar-refractivity contribution in [1.29, 1.82) is 0 Å². The first kappa shape index (κ1) is 17.3. The van der Waals surface area contributed by atoms with E-state index in [9.17, 15) is 0 Å². The molecule has 0 unspecified atom stereocenters. The molecule has 0 aliphatic carbocycles. The molecule has 1 heterocycles. The average Bonchev–Trinajstić information content (AvgIpc) is 2.65. The van der Waals surface area contributed by atoms with Crippen LogP contribution in [0.1, 0.15) is 22.3 Å². The van der Waals surface area contributed by atoms with E-state index in [0.717, 1.165) is 37.4 Å². The molecule has 1 saturated heterocycles. The molecule has 0 aromatic heterocycles. The molecule has 0 bridgehead atoms. The normalized spacial score (nSPS) is 14.4. The molecule has 1 aliphatic rings. The maximum absolute atomic E-state index is 5.46. The third kappa shape index (κ3) is 5.23. The van der Waals surface area contributed by atoms with Crippen LogP contribution in [0.5, 0.6) is 0 Å². The summed E-state index contributed by atoms with van der Waals surface area (Å²) in [5.74, 6) is 13.3. The Labute approximate surface area is 150 Å². The van der Waals surface area contributed by atoms with E-state index >= 15 is 0 Å². The van der Waals surface area contributed by atoms with Gasteiger partial charge in [0.1, 0.15) is 6.04 Å². The number of rotatable bonds is 1. The zero-order valence-electron chi connectivity index (χ0n) is 14.9. The largest absolute Gasteiger partial charge is 0.379 e. The Morgan fingerprint density at radius 3 is 1.64 bits per heavy atom. The molecular formula is C23H23NO. The zero-order valence-corrected chi connectivity index (χ0v) is 14.9. The fourth-order valence-electron chi connectivity index (χ4n) is 2.63. The Morgan fingerprint density at radius 2 is 1.20 bits per heavy atom. The highest BCUT2D eigenvalue weighted by Crippen LogP contribution is 2.06. The number of nitrogens with zero attached hydrogens (tertiary/aromatic N) is 1. The lowest BCUT2D eigenvalue weighted by Gasteiger charge is -2.28. The summed E-state index contributed by atoms with van der Waals surface area (Å²) < 4.78 is 5.46. The van der Waals surface area contributed by atoms with E-state index in [1.54, 1.807) is 0 Å². The summed E-state index contributed by atoms with van der Waals surface area (Å²) in [4.78, 5) is 2.30. The molecule has 1 aliphatic heterocycles. The summed E-state index contributed by atoms with van der Waals surface area (Å²) in [5.41, 5.74) is 4.55. The van der Waals surface area contributed by atoms with E-state index in [-0.39, 0.29) is 6.04 Å². The lowest BCUT2D eigenvalue weighted by atomic mass is 10.1. The van der Waals surface area contributed by atoms with Gasteiger partial charge in [0.15, 0.2) is 0 Å². The second-order valence-corrected chi connectivity index (χ2v) is 6.32. The van der Waals surface area contributed by atoms with Crippen molar-refractivity contribution >= 4 is 0 Å². The minimum absolute atomic E-state index is 0.0773. The standard InChI is InChI=1S/C23H23NO/c1-19-3-7-21(8-4-19)11-13-23(24-15-17-25-18-16-24)14-12-22-9-5-20(2)6-10-22/h3-10,23H,15-18H2,1-2H3. The van der Waals surface area contributed by atoms with Gasteiger partial charge in [0, 0.05) is 24.2 Å². The molecule has 2 heteroatoms. The molecule has 0 atom stereocenters. The predicted octanol–water partition coefficient (Wildman–Crippen LogP) is 3.41. The zero-order chi connectivity index (χ0) is 17.5. The first-order valence-electron chi connectivity index (χ1n) is 8.69. The Kier molecular flexibility index (Phi) is 5.91. The average molecular weight is 329 g/mol. The molecular weight excluding hydrogens is 306 g/mol. The highest BCUT2D eigenvalue weighted by Gasteiger charge is 2.17. The molecule has 3 rings (SSSR count). The van der Waals surface area contributed by atoms with Gasteiger partial charge in [-0.2, -0.15) is 0 Å². The van der Waals surface area contributed by atoms with Gasteiger partial charge >= 0.3 is 0 Å². The third-order valence-electron chi connectivity index (χ3n) is 4.22. The molecule has 0 N–H and O–H groups in total. The molecule has 0 radical (unpaired) electrons. The van der Waals surface area contributed by atoms with Gasteiger partial charge in [-0.15, -0.1) is 0 Å². The number of hydrogen-bond acceptors (Lipinski definition) is 2. The van der Waals surface area contributed by atoms with Crippen LogP contribution in [0.15, 0.2) is 48.5 Å². The third-order valence-corrected chi connectivity index (χ3v) is 4.22. The fraction of sp³-hybridized carbons (Fsp3) is 0.304. The van der Waals surface area contributed by atoms with Crippen LogP contribution in [0.25, 0.3) is 0 Å². The molecule has 2 aromatic carbocycles. The minimum atomic E-state index is -0.0773. The quantitative estimate of drug-likeness (QED) is 0.744. The van der Waals surface area contributed by atoms with E-state index in [1.165, 1.54) is 11.1 Å². The molecule has 25 heavy (non-hydrogen) atoms. The van der Waals surface area contributed by atoms with Crippen molar-refractivity contribution in [3.8, 4) is 23.7 Å². The van der Waals surface area contributed by atoms with Gasteiger partial charge in [-0.1, -0.05) is 59.1 Å². The number of morpholine rings is 1. The van der Waals surface area contributed by atoms with Crippen LogP contribution >= 0.6 is 0 Å². The SMILES string of the molecule is Cc1ccc(C#CC(C#Cc2ccc(C)cc2)N2CCOCC2)cc1. The van der Waals surface area contributed by atoms with Gasteiger partial charge in [0.05, 0.1) is 13.2 Å². The first-order chi connectivity index (χ1) is 12.2. The molecule has 2 aromatic rings. The molecule has 0 amide bonds. The highest BCUT2D eigenvalue weighted by atomic mass is 16.5. The van der Waals surface area contributed by atoms with Crippen molar-refractivity contribution in [2.24, 2.45) is 0 Å². The highest BCUT2D eigenvalue weighted by molar-refractivity contribution is 5.42. The van der Waals surface area contributed by atoms with Crippen molar-refractivity contribution in [3.05, 3.63) is 70.8 Å². The van der Waals surface area contributed by atoms with Crippen molar-refractivity contribution in [1.82, 2.24) is 4.90 Å². The number of benzene rings is 2. The van der Waals surface area contributed by atoms with E-state index < -0.39 is 0 Å². The van der Waals surface area contributed by atoms with E-state index in [1.807, 2.05) is 0 Å². The van der Waals surface area contributed by atoms with Crippen molar-refractivity contribution in [2.75, 3.05) is 26.3 Å². The summed E-state index contributed by atoms with van der Waals surface area (Å²) in [5, 5.41) is 0. The first-order valence-corrected chi connectivity index (χ1v) is 8.69. The van der Waals surface area contributed by atoms with Crippen LogP contribution in [0.3, 0.4) is 0 Å². The molecule has 2 nitrogen and oxygen atoms in total. The molecule has 0 saturated carbocycles. The maximum atomic E-state index is 5.46. The Hall–Kier alpha value is -2.52. The van der Waals surface area contributed by atoms with Crippen LogP contribution in [0.4, 0.5) is 0 Å². The Morgan fingerprint density at radius 1 is 0.760 bits per heavy atom. The van der Waals surface area contributed by atoms with Gasteiger partial charge < -0.3 is 4.74 Å². The number of hydrogen-bond donors (Lipinski definition) is 0. The van der Waals surface area contributed by atoms with Crippen LogP contribution < -0.4 is 0 Å². The van der Waals surface area contributed by atoms with Crippen LogP contribution in [0, 0.1) is 37.5 Å². The lowest BCUT2D eigenvalue weighted by Crippen LogP contribution is -2.42. The molecule has 126 valence electrons. The lowest BCUT2D eigenvalue weighted by molar-refractivity contribution is 0.0356. The second kappa shape index (κ2) is 8.54. The van der Waals surface area contributed by atoms with Gasteiger partial charge in [-0.3, -0.25) is 4.90 Å². The van der Waals surface area contributed by atoms with Crippen molar-refractivity contribution < 1.29 is 4.74 Å². The van der Waals surface area contributed by atoms with Crippen LogP contribution in [-0.4, -0.2) is 37.2 Å². The summed E-state index contributed by atoms with van der Waals surface area (Å²) in [6.07, 6.45) is 0. The topological polar surface area (TPSA) is 12.5 Å². The molecule has 0 spiro atoms. The maximum Gasteiger partial charge on any atom is 0.134 e. The van der Waals surface area contributed by atoms with Crippen LogP contribution in [0.2, 0.25) is 0 Å². The second-order valence-electron chi connectivity index (χ2n) is 6.32. The Bertz CT molecular complexity index is 743. The fourth-order valence-corrected chi connectivity index (χ4v) is 2.63. The van der Waals surface area contributed by atoms with Crippen LogP contribution in [-0.2, 0) is 4.74 Å². The molecule has 1 fully saturated rings.